The van der Waals surface area contributed by atoms with Crippen molar-refractivity contribution in [2.24, 2.45) is 0 Å². The molecule has 88 valence electrons. The molecule has 0 radical (unpaired) electrons. The van der Waals surface area contributed by atoms with Gasteiger partial charge in [-0.25, -0.2) is 0 Å². The van der Waals surface area contributed by atoms with Crippen LogP contribution in [-0.2, 0) is 6.54 Å². The van der Waals surface area contributed by atoms with Crippen LogP contribution in [0.4, 0.5) is 5.69 Å². The Bertz CT molecular complexity index is 536. The second-order valence-corrected chi connectivity index (χ2v) is 3.93. The highest BCUT2D eigenvalue weighted by Gasteiger charge is 2.11. The number of anilines is 1. The molecular formula is C12H12ClN3O. The van der Waals surface area contributed by atoms with E-state index in [1.165, 1.54) is 0 Å². The molecule has 0 aliphatic rings. The van der Waals surface area contributed by atoms with Crippen LogP contribution in [0.1, 0.15) is 17.4 Å². The predicted molar refractivity (Wildman–Crippen MR) is 67.3 cm³/mol. The third kappa shape index (κ3) is 2.65. The SMILES string of the molecule is CCn1nccc1C(=O)Nc1cccc(Cl)c1. The highest BCUT2D eigenvalue weighted by atomic mass is 35.5. The molecule has 2 aromatic rings. The molecule has 1 N–H and O–H groups in total. The van der Waals surface area contributed by atoms with Crippen LogP contribution in [0.3, 0.4) is 0 Å². The number of aryl methyl sites for hydroxylation is 1. The fraction of sp³-hybridized carbons (Fsp3) is 0.167. The van der Waals surface area contributed by atoms with Crippen molar-refractivity contribution in [3.05, 3.63) is 47.2 Å². The zero-order valence-electron chi connectivity index (χ0n) is 9.35. The minimum absolute atomic E-state index is 0.188. The lowest BCUT2D eigenvalue weighted by Crippen LogP contribution is -2.17. The van der Waals surface area contributed by atoms with Crippen LogP contribution >= 0.6 is 11.6 Å². The van der Waals surface area contributed by atoms with Gasteiger partial charge < -0.3 is 5.32 Å². The summed E-state index contributed by atoms with van der Waals surface area (Å²) in [5, 5.41) is 7.41. The highest BCUT2D eigenvalue weighted by Crippen LogP contribution is 2.15. The van der Waals surface area contributed by atoms with E-state index >= 15 is 0 Å². The van der Waals surface area contributed by atoms with E-state index in [4.69, 9.17) is 11.6 Å². The van der Waals surface area contributed by atoms with E-state index in [-0.39, 0.29) is 5.91 Å². The van der Waals surface area contributed by atoms with Crippen LogP contribution in [0.5, 0.6) is 0 Å². The maximum Gasteiger partial charge on any atom is 0.273 e. The second kappa shape index (κ2) is 5.01. The number of amides is 1. The zero-order chi connectivity index (χ0) is 12.3. The third-order valence-electron chi connectivity index (χ3n) is 2.33. The van der Waals surface area contributed by atoms with Crippen LogP contribution in [0.2, 0.25) is 5.02 Å². The summed E-state index contributed by atoms with van der Waals surface area (Å²) < 4.78 is 1.64. The molecule has 1 amide bonds. The molecule has 5 heteroatoms. The predicted octanol–water partition coefficient (Wildman–Crippen LogP) is 2.81. The summed E-state index contributed by atoms with van der Waals surface area (Å²) in [6.45, 7) is 2.59. The summed E-state index contributed by atoms with van der Waals surface area (Å²) in [6.07, 6.45) is 1.61. The first-order valence-electron chi connectivity index (χ1n) is 5.29. The number of nitrogens with zero attached hydrogens (tertiary/aromatic N) is 2. The normalized spacial score (nSPS) is 10.2. The molecule has 0 atom stereocenters. The van der Waals surface area contributed by atoms with Gasteiger partial charge in [0.2, 0.25) is 0 Å². The van der Waals surface area contributed by atoms with Crippen LogP contribution in [-0.4, -0.2) is 15.7 Å². The fourth-order valence-electron chi connectivity index (χ4n) is 1.54. The summed E-state index contributed by atoms with van der Waals surface area (Å²) >= 11 is 5.84. The molecule has 0 spiro atoms. The molecule has 0 saturated heterocycles. The third-order valence-corrected chi connectivity index (χ3v) is 2.57. The lowest BCUT2D eigenvalue weighted by molar-refractivity contribution is 0.101. The maximum atomic E-state index is 12.0. The molecule has 2 rings (SSSR count). The van der Waals surface area contributed by atoms with E-state index in [1.54, 1.807) is 41.2 Å². The van der Waals surface area contributed by atoms with Crippen molar-refractivity contribution in [3.8, 4) is 0 Å². The number of benzene rings is 1. The smallest absolute Gasteiger partial charge is 0.273 e. The number of aromatic nitrogens is 2. The van der Waals surface area contributed by atoms with Gasteiger partial charge in [0.15, 0.2) is 0 Å². The fourth-order valence-corrected chi connectivity index (χ4v) is 1.73. The van der Waals surface area contributed by atoms with Crippen molar-refractivity contribution >= 4 is 23.2 Å². The molecule has 0 fully saturated rings. The van der Waals surface area contributed by atoms with Crippen LogP contribution in [0.15, 0.2) is 36.5 Å². The first-order chi connectivity index (χ1) is 8.20. The number of nitrogens with one attached hydrogen (secondary N) is 1. The van der Waals surface area contributed by atoms with E-state index in [0.29, 0.717) is 22.9 Å². The molecule has 17 heavy (non-hydrogen) atoms. The summed E-state index contributed by atoms with van der Waals surface area (Å²) in [5.41, 5.74) is 1.21. The van der Waals surface area contributed by atoms with Crippen molar-refractivity contribution in [2.45, 2.75) is 13.5 Å². The molecule has 4 nitrogen and oxygen atoms in total. The van der Waals surface area contributed by atoms with Crippen molar-refractivity contribution in [3.63, 3.8) is 0 Å². The van der Waals surface area contributed by atoms with Crippen molar-refractivity contribution in [2.75, 3.05) is 5.32 Å². The molecule has 0 saturated carbocycles. The maximum absolute atomic E-state index is 12.0. The number of carbonyl (C=O) groups is 1. The Balaban J connectivity index is 2.17. The molecule has 1 heterocycles. The standard InChI is InChI=1S/C12H12ClN3O/c1-2-16-11(6-7-14-16)12(17)15-10-5-3-4-9(13)8-10/h3-8H,2H2,1H3,(H,15,17). The van der Waals surface area contributed by atoms with Gasteiger partial charge in [-0.15, -0.1) is 0 Å². The van der Waals surface area contributed by atoms with E-state index in [0.717, 1.165) is 0 Å². The first kappa shape index (κ1) is 11.7. The molecule has 0 aliphatic carbocycles. The lowest BCUT2D eigenvalue weighted by atomic mass is 10.3. The van der Waals surface area contributed by atoms with Crippen molar-refractivity contribution in [1.29, 1.82) is 0 Å². The number of halogens is 1. The number of hydrogen-bond donors (Lipinski definition) is 1. The van der Waals surface area contributed by atoms with Gasteiger partial charge in [0.25, 0.3) is 5.91 Å². The van der Waals surface area contributed by atoms with E-state index in [9.17, 15) is 4.79 Å². The van der Waals surface area contributed by atoms with Gasteiger partial charge in [-0.1, -0.05) is 17.7 Å². The Labute approximate surface area is 104 Å². The number of rotatable bonds is 3. The molecule has 1 aromatic carbocycles. The van der Waals surface area contributed by atoms with Crippen LogP contribution in [0.25, 0.3) is 0 Å². The minimum Gasteiger partial charge on any atom is -0.321 e. The molecule has 0 bridgehead atoms. The quantitative estimate of drug-likeness (QED) is 0.909. The van der Waals surface area contributed by atoms with Gasteiger partial charge in [-0.2, -0.15) is 5.10 Å². The Kier molecular flexibility index (Phi) is 3.44. The van der Waals surface area contributed by atoms with Crippen LogP contribution < -0.4 is 5.32 Å². The van der Waals surface area contributed by atoms with Gasteiger partial charge >= 0.3 is 0 Å². The van der Waals surface area contributed by atoms with Gasteiger partial charge in [0.05, 0.1) is 0 Å². The lowest BCUT2D eigenvalue weighted by Gasteiger charge is -2.06. The Morgan fingerprint density at radius 1 is 1.47 bits per heavy atom. The zero-order valence-corrected chi connectivity index (χ0v) is 10.1. The van der Waals surface area contributed by atoms with Gasteiger partial charge in [-0.3, -0.25) is 9.48 Å². The molecule has 0 aliphatic heterocycles. The van der Waals surface area contributed by atoms with Crippen molar-refractivity contribution < 1.29 is 4.79 Å². The van der Waals surface area contributed by atoms with E-state index in [2.05, 4.69) is 10.4 Å². The van der Waals surface area contributed by atoms with Crippen LogP contribution in [0, 0.1) is 0 Å². The summed E-state index contributed by atoms with van der Waals surface area (Å²) in [7, 11) is 0. The summed E-state index contributed by atoms with van der Waals surface area (Å²) in [4.78, 5) is 12.0. The Morgan fingerprint density at radius 2 is 2.29 bits per heavy atom. The first-order valence-corrected chi connectivity index (χ1v) is 5.67. The van der Waals surface area contributed by atoms with Gasteiger partial charge in [0.1, 0.15) is 5.69 Å². The monoisotopic (exact) mass is 249 g/mol. The average Bonchev–Trinajstić information content (AvgIpc) is 2.77. The number of hydrogen-bond acceptors (Lipinski definition) is 2. The molecule has 0 unspecified atom stereocenters. The highest BCUT2D eigenvalue weighted by molar-refractivity contribution is 6.30. The van der Waals surface area contributed by atoms with Gasteiger partial charge in [0, 0.05) is 23.5 Å². The average molecular weight is 250 g/mol. The second-order valence-electron chi connectivity index (χ2n) is 3.50. The Morgan fingerprint density at radius 3 is 3.00 bits per heavy atom. The number of carbonyl (C=O) groups excluding carboxylic acids is 1. The Hall–Kier alpha value is -1.81. The van der Waals surface area contributed by atoms with Crippen molar-refractivity contribution in [1.82, 2.24) is 9.78 Å². The largest absolute Gasteiger partial charge is 0.321 e. The minimum atomic E-state index is -0.188. The molecule has 1 aromatic heterocycles. The van der Waals surface area contributed by atoms with E-state index < -0.39 is 0 Å². The summed E-state index contributed by atoms with van der Waals surface area (Å²) in [6, 6.07) is 8.72. The molecular weight excluding hydrogens is 238 g/mol. The van der Waals surface area contributed by atoms with E-state index in [1.807, 2.05) is 6.92 Å². The topological polar surface area (TPSA) is 46.9 Å². The van der Waals surface area contributed by atoms with Gasteiger partial charge in [-0.05, 0) is 31.2 Å². The summed E-state index contributed by atoms with van der Waals surface area (Å²) in [5.74, 6) is -0.188.